The Morgan fingerprint density at radius 3 is 2.49 bits per heavy atom. The third-order valence-electron chi connectivity index (χ3n) is 7.95. The lowest BCUT2D eigenvalue weighted by Gasteiger charge is -2.44. The number of cyclic esters (lactones) is 1. The average Bonchev–Trinajstić information content (AvgIpc) is 3.37. The SMILES string of the molecule is CCOC(=O)CCc1cc(C(=O)N2CCC(N3CCCC4(C3)CC(C)(C)OC4=O)CC2)c(NC(=O)OC(C)(C)C)s1. The van der Waals surface area contributed by atoms with E-state index >= 15 is 0 Å². The van der Waals surface area contributed by atoms with Gasteiger partial charge in [0.2, 0.25) is 0 Å². The number of likely N-dealkylation sites (tertiary alicyclic amines) is 2. The summed E-state index contributed by atoms with van der Waals surface area (Å²) >= 11 is 1.28. The van der Waals surface area contributed by atoms with Gasteiger partial charge in [-0.3, -0.25) is 24.6 Å². The van der Waals surface area contributed by atoms with E-state index in [0.717, 1.165) is 43.5 Å². The van der Waals surface area contributed by atoms with Crippen molar-refractivity contribution < 1.29 is 33.4 Å². The number of hydrogen-bond donors (Lipinski definition) is 1. The van der Waals surface area contributed by atoms with E-state index < -0.39 is 22.7 Å². The molecule has 0 saturated carbocycles. The lowest BCUT2D eigenvalue weighted by atomic mass is 9.74. The Morgan fingerprint density at radius 2 is 1.88 bits per heavy atom. The van der Waals surface area contributed by atoms with E-state index in [1.807, 2.05) is 18.7 Å². The molecule has 1 spiro atoms. The fourth-order valence-electron chi connectivity index (χ4n) is 6.35. The molecule has 4 heterocycles. The molecule has 0 aliphatic carbocycles. The first kappa shape index (κ1) is 31.3. The van der Waals surface area contributed by atoms with Crippen molar-refractivity contribution in [1.29, 1.82) is 0 Å². The summed E-state index contributed by atoms with van der Waals surface area (Å²) in [4.78, 5) is 56.1. The summed E-state index contributed by atoms with van der Waals surface area (Å²) in [6.45, 7) is 14.2. The molecule has 0 radical (unpaired) electrons. The zero-order chi connectivity index (χ0) is 30.0. The number of carbonyl (C=O) groups excluding carboxylic acids is 4. The van der Waals surface area contributed by atoms with E-state index in [2.05, 4.69) is 10.2 Å². The Hall–Kier alpha value is -2.66. The predicted molar refractivity (Wildman–Crippen MR) is 156 cm³/mol. The highest BCUT2D eigenvalue weighted by atomic mass is 32.1. The fraction of sp³-hybridized carbons (Fsp3) is 0.733. The van der Waals surface area contributed by atoms with Crippen LogP contribution in [0.25, 0.3) is 0 Å². The third kappa shape index (κ3) is 7.80. The minimum Gasteiger partial charge on any atom is -0.466 e. The quantitative estimate of drug-likeness (QED) is 0.348. The van der Waals surface area contributed by atoms with Crippen LogP contribution in [0.1, 0.15) is 95.3 Å². The highest BCUT2D eigenvalue weighted by Crippen LogP contribution is 2.46. The molecule has 41 heavy (non-hydrogen) atoms. The Morgan fingerprint density at radius 1 is 1.17 bits per heavy atom. The number of rotatable bonds is 7. The first-order chi connectivity index (χ1) is 19.2. The normalized spacial score (nSPS) is 23.4. The Bertz CT molecular complexity index is 1150. The number of nitrogens with one attached hydrogen (secondary N) is 1. The Kier molecular flexibility index (Phi) is 9.38. The van der Waals surface area contributed by atoms with Crippen LogP contribution in [0.2, 0.25) is 0 Å². The molecule has 1 aromatic rings. The molecular weight excluding hydrogens is 546 g/mol. The summed E-state index contributed by atoms with van der Waals surface area (Å²) in [5, 5.41) is 3.18. The smallest absolute Gasteiger partial charge is 0.412 e. The molecule has 1 N–H and O–H groups in total. The summed E-state index contributed by atoms with van der Waals surface area (Å²) in [5.74, 6) is -0.517. The number of anilines is 1. The van der Waals surface area contributed by atoms with Crippen LogP contribution in [0.5, 0.6) is 0 Å². The maximum absolute atomic E-state index is 13.7. The van der Waals surface area contributed by atoms with Crippen molar-refractivity contribution in [2.45, 2.75) is 104 Å². The lowest BCUT2D eigenvalue weighted by Crippen LogP contribution is -2.53. The molecule has 1 aromatic heterocycles. The van der Waals surface area contributed by atoms with E-state index in [0.29, 0.717) is 49.3 Å². The molecule has 228 valence electrons. The first-order valence-corrected chi connectivity index (χ1v) is 15.6. The van der Waals surface area contributed by atoms with Gasteiger partial charge in [0, 0.05) is 37.0 Å². The van der Waals surface area contributed by atoms with Gasteiger partial charge in [-0.1, -0.05) is 0 Å². The number of thiophene rings is 1. The fourth-order valence-corrected chi connectivity index (χ4v) is 7.38. The van der Waals surface area contributed by atoms with Crippen molar-refractivity contribution in [1.82, 2.24) is 9.80 Å². The molecule has 1 atom stereocenters. The van der Waals surface area contributed by atoms with Gasteiger partial charge in [0.25, 0.3) is 5.91 Å². The summed E-state index contributed by atoms with van der Waals surface area (Å²) in [5.41, 5.74) is -1.12. The molecule has 4 rings (SSSR count). The van der Waals surface area contributed by atoms with Crippen LogP contribution in [-0.4, -0.2) is 83.8 Å². The van der Waals surface area contributed by atoms with Crippen molar-refractivity contribution in [2.75, 3.05) is 38.1 Å². The molecule has 3 aliphatic heterocycles. The number of carbonyl (C=O) groups is 4. The molecule has 3 saturated heterocycles. The van der Waals surface area contributed by atoms with E-state index in [1.165, 1.54) is 11.3 Å². The third-order valence-corrected chi connectivity index (χ3v) is 9.06. The highest BCUT2D eigenvalue weighted by Gasteiger charge is 2.54. The number of aryl methyl sites for hydroxylation is 1. The monoisotopic (exact) mass is 591 g/mol. The predicted octanol–water partition coefficient (Wildman–Crippen LogP) is 5.00. The molecule has 0 bridgehead atoms. The molecule has 2 amide bonds. The summed E-state index contributed by atoms with van der Waals surface area (Å²) in [6.07, 6.45) is 4.19. The second-order valence-electron chi connectivity index (χ2n) is 13.1. The van der Waals surface area contributed by atoms with Crippen molar-refractivity contribution in [3.05, 3.63) is 16.5 Å². The van der Waals surface area contributed by atoms with Gasteiger partial charge in [-0.25, -0.2) is 4.79 Å². The van der Waals surface area contributed by atoms with E-state index in [1.54, 1.807) is 33.8 Å². The second-order valence-corrected chi connectivity index (χ2v) is 14.2. The number of nitrogens with zero attached hydrogens (tertiary/aromatic N) is 2. The van der Waals surface area contributed by atoms with Gasteiger partial charge in [-0.15, -0.1) is 11.3 Å². The minimum absolute atomic E-state index is 0.0685. The first-order valence-electron chi connectivity index (χ1n) is 14.8. The van der Waals surface area contributed by atoms with Gasteiger partial charge in [-0.2, -0.15) is 0 Å². The molecule has 3 aliphatic rings. The van der Waals surface area contributed by atoms with Crippen LogP contribution in [0.4, 0.5) is 9.80 Å². The summed E-state index contributed by atoms with van der Waals surface area (Å²) in [6, 6.07) is 2.07. The van der Waals surface area contributed by atoms with E-state index in [-0.39, 0.29) is 24.3 Å². The molecule has 3 fully saturated rings. The zero-order valence-electron chi connectivity index (χ0n) is 25.3. The van der Waals surface area contributed by atoms with Crippen molar-refractivity contribution >= 4 is 40.3 Å². The van der Waals surface area contributed by atoms with Crippen LogP contribution >= 0.6 is 11.3 Å². The number of esters is 2. The number of amides is 2. The average molecular weight is 592 g/mol. The molecule has 1 unspecified atom stereocenters. The van der Waals surface area contributed by atoms with Gasteiger partial charge in [0.15, 0.2) is 0 Å². The Balaban J connectivity index is 1.42. The topological polar surface area (TPSA) is 114 Å². The molecular formula is C30H45N3O7S. The minimum atomic E-state index is -0.682. The standard InChI is InChI=1S/C30H45N3O7S/c1-7-38-23(34)10-9-21-17-22(24(41-21)31-27(37)40-28(2,3)4)25(35)32-15-11-20(12-16-32)33-14-8-13-30(19-33)18-29(5,6)39-26(30)36/h17,20H,7-16,18-19H2,1-6H3,(H,31,37). The summed E-state index contributed by atoms with van der Waals surface area (Å²) < 4.78 is 16.2. The Labute approximate surface area is 247 Å². The van der Waals surface area contributed by atoms with Crippen molar-refractivity contribution in [2.24, 2.45) is 5.41 Å². The summed E-state index contributed by atoms with van der Waals surface area (Å²) in [7, 11) is 0. The van der Waals surface area contributed by atoms with Crippen LogP contribution < -0.4 is 5.32 Å². The van der Waals surface area contributed by atoms with Crippen LogP contribution in [0, 0.1) is 5.41 Å². The highest BCUT2D eigenvalue weighted by molar-refractivity contribution is 7.16. The van der Waals surface area contributed by atoms with Gasteiger partial charge >= 0.3 is 18.0 Å². The van der Waals surface area contributed by atoms with Crippen LogP contribution in [-0.2, 0) is 30.2 Å². The number of ether oxygens (including phenoxy) is 3. The van der Waals surface area contributed by atoms with Gasteiger partial charge in [-0.05, 0) is 86.3 Å². The number of hydrogen-bond acceptors (Lipinski definition) is 9. The number of piperidine rings is 2. The molecule has 11 heteroatoms. The van der Waals surface area contributed by atoms with Crippen molar-refractivity contribution in [3.8, 4) is 0 Å². The largest absolute Gasteiger partial charge is 0.466 e. The maximum Gasteiger partial charge on any atom is 0.412 e. The molecule has 0 aromatic carbocycles. The van der Waals surface area contributed by atoms with E-state index in [9.17, 15) is 19.2 Å². The van der Waals surface area contributed by atoms with Gasteiger partial charge < -0.3 is 19.1 Å². The maximum atomic E-state index is 13.7. The van der Waals surface area contributed by atoms with Gasteiger partial charge in [0.05, 0.1) is 24.0 Å². The van der Waals surface area contributed by atoms with Crippen molar-refractivity contribution in [3.63, 3.8) is 0 Å². The second kappa shape index (κ2) is 12.3. The molecule has 10 nitrogen and oxygen atoms in total. The van der Waals surface area contributed by atoms with E-state index in [4.69, 9.17) is 14.2 Å². The lowest BCUT2D eigenvalue weighted by molar-refractivity contribution is -0.154. The zero-order valence-corrected chi connectivity index (χ0v) is 26.1. The van der Waals surface area contributed by atoms with Crippen LogP contribution in [0.3, 0.4) is 0 Å². The van der Waals surface area contributed by atoms with Crippen LogP contribution in [0.15, 0.2) is 6.07 Å². The van der Waals surface area contributed by atoms with Gasteiger partial charge in [0.1, 0.15) is 16.2 Å².